The molecule has 2 fully saturated rings. The molecule has 5 nitrogen and oxygen atoms in total. The van der Waals surface area contributed by atoms with Gasteiger partial charge in [-0.05, 0) is 32.4 Å². The van der Waals surface area contributed by atoms with Crippen LogP contribution < -0.4 is 10.6 Å². The highest BCUT2D eigenvalue weighted by Gasteiger charge is 2.50. The van der Waals surface area contributed by atoms with E-state index in [0.29, 0.717) is 6.42 Å². The number of likely N-dealkylation sites (N-methyl/N-ethyl adjacent to an activating group) is 1. The van der Waals surface area contributed by atoms with Gasteiger partial charge >= 0.3 is 6.03 Å². The van der Waals surface area contributed by atoms with E-state index >= 15 is 0 Å². The summed E-state index contributed by atoms with van der Waals surface area (Å²) in [5.74, 6) is -0.131. The summed E-state index contributed by atoms with van der Waals surface area (Å²) in [4.78, 5) is 24.6. The minimum Gasteiger partial charge on any atom is -0.317 e. The number of amides is 3. The Labute approximate surface area is 82.8 Å². The van der Waals surface area contributed by atoms with Gasteiger partial charge < -0.3 is 10.2 Å². The molecule has 78 valence electrons. The van der Waals surface area contributed by atoms with E-state index in [4.69, 9.17) is 0 Å². The minimum absolute atomic E-state index is 0.131. The Morgan fingerprint density at radius 1 is 1.29 bits per heavy atom. The molecule has 2 aliphatic rings. The molecule has 1 atom stereocenters. The fourth-order valence-electron chi connectivity index (χ4n) is 2.26. The number of carbonyl (C=O) groups excluding carboxylic acids is 2. The molecule has 3 amide bonds. The van der Waals surface area contributed by atoms with E-state index in [1.54, 1.807) is 11.9 Å². The van der Waals surface area contributed by atoms with Crippen molar-refractivity contribution in [1.82, 2.24) is 15.5 Å². The lowest BCUT2D eigenvalue weighted by Gasteiger charge is -2.31. The third kappa shape index (κ3) is 1.19. The zero-order valence-electron chi connectivity index (χ0n) is 8.30. The first-order chi connectivity index (χ1) is 6.67. The third-order valence-corrected chi connectivity index (χ3v) is 3.25. The van der Waals surface area contributed by atoms with Crippen LogP contribution in [-0.2, 0) is 4.79 Å². The molecule has 2 aliphatic heterocycles. The quantitative estimate of drug-likeness (QED) is 0.523. The molecule has 0 radical (unpaired) electrons. The fraction of sp³-hybridized carbons (Fsp3) is 0.778. The van der Waals surface area contributed by atoms with Crippen molar-refractivity contribution in [2.75, 3.05) is 20.1 Å². The van der Waals surface area contributed by atoms with E-state index in [2.05, 4.69) is 10.6 Å². The summed E-state index contributed by atoms with van der Waals surface area (Å²) in [5.41, 5.74) is -0.583. The molecule has 2 saturated heterocycles. The van der Waals surface area contributed by atoms with Gasteiger partial charge in [0.05, 0.1) is 0 Å². The second-order valence-electron chi connectivity index (χ2n) is 3.95. The van der Waals surface area contributed by atoms with Crippen LogP contribution in [0.5, 0.6) is 0 Å². The Morgan fingerprint density at radius 3 is 2.71 bits per heavy atom. The van der Waals surface area contributed by atoms with Crippen LogP contribution in [0.3, 0.4) is 0 Å². The number of nitrogens with zero attached hydrogens (tertiary/aromatic N) is 1. The molecule has 0 saturated carbocycles. The SMILES string of the molecule is CN1C(=O)NC(=O)C12CCCNCC2. The molecule has 1 unspecified atom stereocenters. The second kappa shape index (κ2) is 3.24. The maximum absolute atomic E-state index is 11.7. The maximum atomic E-state index is 11.7. The van der Waals surface area contributed by atoms with E-state index in [-0.39, 0.29) is 11.9 Å². The van der Waals surface area contributed by atoms with Crippen LogP contribution >= 0.6 is 0 Å². The highest BCUT2D eigenvalue weighted by atomic mass is 16.2. The molecular formula is C9H15N3O2. The van der Waals surface area contributed by atoms with E-state index in [1.807, 2.05) is 0 Å². The first-order valence-corrected chi connectivity index (χ1v) is 4.97. The number of urea groups is 1. The molecule has 0 aromatic carbocycles. The van der Waals surface area contributed by atoms with Crippen LogP contribution in [-0.4, -0.2) is 42.5 Å². The summed E-state index contributed by atoms with van der Waals surface area (Å²) in [6.45, 7) is 1.72. The molecule has 2 heterocycles. The summed E-state index contributed by atoms with van der Waals surface area (Å²) in [6.07, 6.45) is 2.40. The Kier molecular flexibility index (Phi) is 2.19. The first-order valence-electron chi connectivity index (χ1n) is 4.97. The van der Waals surface area contributed by atoms with Gasteiger partial charge in [0.2, 0.25) is 0 Å². The molecule has 2 rings (SSSR count). The van der Waals surface area contributed by atoms with Crippen LogP contribution in [0.4, 0.5) is 4.79 Å². The van der Waals surface area contributed by atoms with Gasteiger partial charge in [0.1, 0.15) is 5.54 Å². The number of nitrogens with one attached hydrogen (secondary N) is 2. The topological polar surface area (TPSA) is 61.4 Å². The average molecular weight is 197 g/mol. The summed E-state index contributed by atoms with van der Waals surface area (Å²) in [5, 5.41) is 5.61. The van der Waals surface area contributed by atoms with Crippen molar-refractivity contribution in [3.05, 3.63) is 0 Å². The van der Waals surface area contributed by atoms with Gasteiger partial charge in [-0.3, -0.25) is 10.1 Å². The van der Waals surface area contributed by atoms with Gasteiger partial charge in [0, 0.05) is 7.05 Å². The molecule has 5 heteroatoms. The summed E-state index contributed by atoms with van der Waals surface area (Å²) in [7, 11) is 1.70. The average Bonchev–Trinajstić information content (AvgIpc) is 2.38. The molecule has 0 aromatic heterocycles. The third-order valence-electron chi connectivity index (χ3n) is 3.25. The Morgan fingerprint density at radius 2 is 2.07 bits per heavy atom. The number of hydrogen-bond donors (Lipinski definition) is 2. The van der Waals surface area contributed by atoms with Crippen molar-refractivity contribution in [2.24, 2.45) is 0 Å². The zero-order valence-corrected chi connectivity index (χ0v) is 8.30. The molecule has 14 heavy (non-hydrogen) atoms. The van der Waals surface area contributed by atoms with Crippen molar-refractivity contribution < 1.29 is 9.59 Å². The molecule has 0 aliphatic carbocycles. The minimum atomic E-state index is -0.583. The van der Waals surface area contributed by atoms with E-state index in [0.717, 1.165) is 25.9 Å². The standard InChI is InChI=1S/C9H15N3O2/c1-12-8(14)11-7(13)9(12)3-2-5-10-6-4-9/h10H,2-6H2,1H3,(H,11,13,14). The number of carbonyl (C=O) groups is 2. The molecule has 2 N–H and O–H groups in total. The van der Waals surface area contributed by atoms with Crippen molar-refractivity contribution in [1.29, 1.82) is 0 Å². The van der Waals surface area contributed by atoms with Crippen molar-refractivity contribution >= 4 is 11.9 Å². The van der Waals surface area contributed by atoms with Crippen LogP contribution in [0, 0.1) is 0 Å². The number of rotatable bonds is 0. The van der Waals surface area contributed by atoms with Gasteiger partial charge in [-0.2, -0.15) is 0 Å². The largest absolute Gasteiger partial charge is 0.324 e. The second-order valence-corrected chi connectivity index (χ2v) is 3.95. The predicted molar refractivity (Wildman–Crippen MR) is 50.8 cm³/mol. The fourth-order valence-corrected chi connectivity index (χ4v) is 2.26. The van der Waals surface area contributed by atoms with Crippen LogP contribution in [0.1, 0.15) is 19.3 Å². The molecule has 1 spiro atoms. The van der Waals surface area contributed by atoms with Crippen LogP contribution in [0.2, 0.25) is 0 Å². The van der Waals surface area contributed by atoms with E-state index in [9.17, 15) is 9.59 Å². The smallest absolute Gasteiger partial charge is 0.317 e. The molecule has 0 aromatic rings. The summed E-state index contributed by atoms with van der Waals surface area (Å²) >= 11 is 0. The normalized spacial score (nSPS) is 33.4. The van der Waals surface area contributed by atoms with Gasteiger partial charge in [0.15, 0.2) is 0 Å². The zero-order chi connectivity index (χ0) is 10.2. The van der Waals surface area contributed by atoms with E-state index < -0.39 is 5.54 Å². The van der Waals surface area contributed by atoms with Gasteiger partial charge in [0.25, 0.3) is 5.91 Å². The van der Waals surface area contributed by atoms with Crippen molar-refractivity contribution in [3.8, 4) is 0 Å². The highest BCUT2D eigenvalue weighted by molar-refractivity contribution is 6.06. The van der Waals surface area contributed by atoms with Crippen LogP contribution in [0.25, 0.3) is 0 Å². The lowest BCUT2D eigenvalue weighted by molar-refractivity contribution is -0.126. The summed E-state index contributed by atoms with van der Waals surface area (Å²) < 4.78 is 0. The highest BCUT2D eigenvalue weighted by Crippen LogP contribution is 2.30. The Hall–Kier alpha value is -1.10. The first kappa shape index (κ1) is 9.45. The monoisotopic (exact) mass is 197 g/mol. The summed E-state index contributed by atoms with van der Waals surface area (Å²) in [6, 6.07) is -0.267. The number of imide groups is 1. The van der Waals surface area contributed by atoms with Crippen LogP contribution in [0.15, 0.2) is 0 Å². The molecular weight excluding hydrogens is 182 g/mol. The van der Waals surface area contributed by atoms with Gasteiger partial charge in [-0.1, -0.05) is 0 Å². The lowest BCUT2D eigenvalue weighted by Crippen LogP contribution is -2.48. The molecule has 0 bridgehead atoms. The van der Waals surface area contributed by atoms with Gasteiger partial charge in [-0.25, -0.2) is 4.79 Å². The van der Waals surface area contributed by atoms with Gasteiger partial charge in [-0.15, -0.1) is 0 Å². The van der Waals surface area contributed by atoms with Crippen molar-refractivity contribution in [2.45, 2.75) is 24.8 Å². The number of hydrogen-bond acceptors (Lipinski definition) is 3. The lowest BCUT2D eigenvalue weighted by atomic mass is 9.89. The maximum Gasteiger partial charge on any atom is 0.324 e. The Balaban J connectivity index is 2.27. The van der Waals surface area contributed by atoms with Crippen molar-refractivity contribution in [3.63, 3.8) is 0 Å². The predicted octanol–water partition coefficient (Wildman–Crippen LogP) is -0.320. The van der Waals surface area contributed by atoms with E-state index in [1.165, 1.54) is 0 Å². The Bertz CT molecular complexity index is 269.